The van der Waals surface area contributed by atoms with E-state index in [9.17, 15) is 14.6 Å². The van der Waals surface area contributed by atoms with Gasteiger partial charge in [-0.3, -0.25) is 9.69 Å². The van der Waals surface area contributed by atoms with Gasteiger partial charge in [0, 0.05) is 36.3 Å². The zero-order valence-corrected chi connectivity index (χ0v) is 18.8. The molecule has 1 amide bonds. The Morgan fingerprint density at radius 3 is 2.38 bits per heavy atom. The molecule has 2 saturated carbocycles. The van der Waals surface area contributed by atoms with Crippen molar-refractivity contribution in [3.8, 4) is 0 Å². The van der Waals surface area contributed by atoms with E-state index in [4.69, 9.17) is 0 Å². The molecule has 1 heterocycles. The van der Waals surface area contributed by atoms with Crippen LogP contribution in [0.25, 0.3) is 0 Å². The molecule has 0 aromatic heterocycles. The van der Waals surface area contributed by atoms with Crippen molar-refractivity contribution in [2.24, 2.45) is 0 Å². The minimum absolute atomic E-state index is 0.214. The average molecular weight is 438 g/mol. The second kappa shape index (κ2) is 8.32. The smallest absolute Gasteiger partial charge is 0.247 e. The van der Waals surface area contributed by atoms with Crippen molar-refractivity contribution in [2.45, 2.75) is 75.9 Å². The van der Waals surface area contributed by atoms with Gasteiger partial charge in [0.2, 0.25) is 5.91 Å². The standard InChI is InChI=1S/C21H31N3O3S2/c1-15(2)23(17-4-3-5-17)14-21(11-12-21)16-6-8-18(9-7-16)22-13-10-19(20(22)25)24(26)29(27)28/h6-9,15,17,19,26H,3-5,10-14H2,1-2H3,(H,27,28). The zero-order chi connectivity index (χ0) is 20.8. The third-order valence-corrected chi connectivity index (χ3v) is 7.97. The molecule has 29 heavy (non-hydrogen) atoms. The first-order valence-corrected chi connectivity index (χ1v) is 12.7. The number of anilines is 1. The third kappa shape index (κ3) is 4.16. The van der Waals surface area contributed by atoms with Crippen LogP contribution in [-0.2, 0) is 31.3 Å². The van der Waals surface area contributed by atoms with Gasteiger partial charge >= 0.3 is 0 Å². The number of hydrogen-bond acceptors (Lipinski definition) is 4. The van der Waals surface area contributed by atoms with Crippen LogP contribution in [0.5, 0.6) is 0 Å². The molecule has 8 heteroatoms. The highest BCUT2D eigenvalue weighted by Gasteiger charge is 2.47. The number of benzene rings is 1. The van der Waals surface area contributed by atoms with Crippen molar-refractivity contribution >= 4 is 32.7 Å². The number of nitrogens with zero attached hydrogens (tertiary/aromatic N) is 3. The van der Waals surface area contributed by atoms with Crippen LogP contribution in [0.1, 0.15) is 57.9 Å². The van der Waals surface area contributed by atoms with Crippen molar-refractivity contribution in [3.05, 3.63) is 29.8 Å². The molecule has 0 radical (unpaired) electrons. The minimum atomic E-state index is -1.74. The quantitative estimate of drug-likeness (QED) is 0.609. The largest absolute Gasteiger partial charge is 0.314 e. The molecule has 1 aliphatic heterocycles. The van der Waals surface area contributed by atoms with Gasteiger partial charge in [0.05, 0.1) is 0 Å². The van der Waals surface area contributed by atoms with Crippen LogP contribution >= 0.6 is 0 Å². The predicted molar refractivity (Wildman–Crippen MR) is 119 cm³/mol. The Balaban J connectivity index is 1.45. The van der Waals surface area contributed by atoms with Crippen LogP contribution in [0.3, 0.4) is 0 Å². The van der Waals surface area contributed by atoms with Crippen LogP contribution < -0.4 is 4.90 Å². The van der Waals surface area contributed by atoms with Crippen LogP contribution in [0.15, 0.2) is 24.3 Å². The highest BCUT2D eigenvalue weighted by molar-refractivity contribution is 8.24. The maximum absolute atomic E-state index is 12.6. The fourth-order valence-electron chi connectivity index (χ4n) is 4.72. The lowest BCUT2D eigenvalue weighted by Crippen LogP contribution is -2.47. The first kappa shape index (κ1) is 21.3. The summed E-state index contributed by atoms with van der Waals surface area (Å²) >= 11 is 4.68. The van der Waals surface area contributed by atoms with E-state index in [1.807, 2.05) is 12.1 Å². The number of hydroxylamine groups is 1. The topological polar surface area (TPSA) is 67.2 Å². The number of rotatable bonds is 8. The van der Waals surface area contributed by atoms with E-state index < -0.39 is 16.0 Å². The Kier molecular flexibility index (Phi) is 6.12. The van der Waals surface area contributed by atoms with Crippen LogP contribution in [0, 0.1) is 0 Å². The summed E-state index contributed by atoms with van der Waals surface area (Å²) in [5.74, 6) is -0.214. The van der Waals surface area contributed by atoms with Gasteiger partial charge in [0.15, 0.2) is 0 Å². The lowest BCUT2D eigenvalue weighted by Gasteiger charge is -2.42. The molecule has 1 aromatic rings. The molecule has 3 aliphatic rings. The van der Waals surface area contributed by atoms with E-state index in [-0.39, 0.29) is 11.3 Å². The summed E-state index contributed by atoms with van der Waals surface area (Å²) < 4.78 is 10.0. The molecule has 1 saturated heterocycles. The lowest BCUT2D eigenvalue weighted by atomic mass is 9.87. The highest BCUT2D eigenvalue weighted by Crippen LogP contribution is 2.50. The van der Waals surface area contributed by atoms with E-state index in [1.54, 1.807) is 4.90 Å². The normalized spacial score (nSPS) is 25.1. The van der Waals surface area contributed by atoms with Crippen molar-refractivity contribution in [1.82, 2.24) is 9.37 Å². The molecule has 1 aromatic carbocycles. The Morgan fingerprint density at radius 1 is 1.24 bits per heavy atom. The second-order valence-corrected chi connectivity index (χ2v) is 10.7. The summed E-state index contributed by atoms with van der Waals surface area (Å²) in [6.07, 6.45) is 6.91. The summed E-state index contributed by atoms with van der Waals surface area (Å²) in [7, 11) is -1.74. The Morgan fingerprint density at radius 2 is 1.90 bits per heavy atom. The summed E-state index contributed by atoms with van der Waals surface area (Å²) in [5, 5.41) is 9.86. The summed E-state index contributed by atoms with van der Waals surface area (Å²) in [4.78, 5) is 17.0. The first-order chi connectivity index (χ1) is 13.8. The Bertz CT molecular complexity index is 778. The van der Waals surface area contributed by atoms with Crippen molar-refractivity contribution < 1.29 is 14.6 Å². The van der Waals surface area contributed by atoms with Crippen LogP contribution in [0.4, 0.5) is 5.69 Å². The van der Waals surface area contributed by atoms with E-state index in [0.29, 0.717) is 23.5 Å². The van der Waals surface area contributed by atoms with E-state index in [1.165, 1.54) is 37.7 Å². The summed E-state index contributed by atoms with van der Waals surface area (Å²) in [6, 6.07) is 8.92. The van der Waals surface area contributed by atoms with Crippen molar-refractivity contribution in [2.75, 3.05) is 18.0 Å². The first-order valence-electron chi connectivity index (χ1n) is 10.6. The average Bonchev–Trinajstić information content (AvgIpc) is 3.34. The van der Waals surface area contributed by atoms with Gasteiger partial charge in [-0.05, 0) is 74.8 Å². The third-order valence-electron chi connectivity index (χ3n) is 6.94. The van der Waals surface area contributed by atoms with Gasteiger partial charge in [0.1, 0.15) is 16.0 Å². The van der Waals surface area contributed by atoms with Gasteiger partial charge in [-0.25, -0.2) is 0 Å². The van der Waals surface area contributed by atoms with E-state index in [2.05, 4.69) is 42.1 Å². The summed E-state index contributed by atoms with van der Waals surface area (Å²) in [6.45, 7) is 6.24. The van der Waals surface area contributed by atoms with Crippen LogP contribution in [-0.4, -0.2) is 56.3 Å². The van der Waals surface area contributed by atoms with Crippen molar-refractivity contribution in [3.63, 3.8) is 0 Å². The maximum Gasteiger partial charge on any atom is 0.247 e. The molecule has 2 atom stereocenters. The molecule has 2 N–H and O–H groups in total. The van der Waals surface area contributed by atoms with Gasteiger partial charge in [0.25, 0.3) is 0 Å². The Hall–Kier alpha value is -0.900. The molecule has 2 unspecified atom stereocenters. The van der Waals surface area contributed by atoms with Gasteiger partial charge in [-0.2, -0.15) is 0 Å². The van der Waals surface area contributed by atoms with E-state index in [0.717, 1.165) is 18.3 Å². The molecule has 0 bridgehead atoms. The molecule has 3 fully saturated rings. The number of hydrogen-bond donors (Lipinski definition) is 2. The number of amides is 1. The van der Waals surface area contributed by atoms with Gasteiger partial charge < -0.3 is 14.7 Å². The highest BCUT2D eigenvalue weighted by atomic mass is 32.8. The summed E-state index contributed by atoms with van der Waals surface area (Å²) in [5.41, 5.74) is 2.46. The number of carbonyl (C=O) groups is 1. The van der Waals surface area contributed by atoms with Gasteiger partial charge in [-0.15, -0.1) is 0 Å². The maximum atomic E-state index is 12.6. The molecule has 6 nitrogen and oxygen atoms in total. The fourth-order valence-corrected chi connectivity index (χ4v) is 5.45. The minimum Gasteiger partial charge on any atom is -0.314 e. The second-order valence-electron chi connectivity index (χ2n) is 9.01. The molecular formula is C21H31N3O3S2. The molecule has 0 spiro atoms. The van der Waals surface area contributed by atoms with Crippen molar-refractivity contribution in [1.29, 1.82) is 0 Å². The molecule has 160 valence electrons. The molecular weight excluding hydrogens is 406 g/mol. The SMILES string of the molecule is CC(C)N(CC1(c2ccc(N3CCC(N(O)S(O)=S)C3=O)cc2)CC1)C1CCC1. The lowest BCUT2D eigenvalue weighted by molar-refractivity contribution is -0.128. The fraction of sp³-hybridized carbons (Fsp3) is 0.667. The predicted octanol–water partition coefficient (Wildman–Crippen LogP) is 3.25. The zero-order valence-electron chi connectivity index (χ0n) is 17.2. The molecule has 2 aliphatic carbocycles. The van der Waals surface area contributed by atoms with Crippen LogP contribution in [0.2, 0.25) is 0 Å². The monoisotopic (exact) mass is 437 g/mol. The Labute approximate surface area is 180 Å². The van der Waals surface area contributed by atoms with Gasteiger partial charge in [-0.1, -0.05) is 23.0 Å². The molecule has 4 rings (SSSR count). The number of carbonyl (C=O) groups excluding carboxylic acids is 1. The van der Waals surface area contributed by atoms with E-state index >= 15 is 0 Å².